The molecule has 1 amide bonds. The van der Waals surface area contributed by atoms with Crippen LogP contribution in [-0.4, -0.2) is 12.5 Å². The summed E-state index contributed by atoms with van der Waals surface area (Å²) in [6, 6.07) is 10.1. The van der Waals surface area contributed by atoms with E-state index >= 15 is 0 Å². The van der Waals surface area contributed by atoms with Gasteiger partial charge in [0.1, 0.15) is 6.04 Å². The first-order chi connectivity index (χ1) is 9.28. The minimum Gasteiger partial charge on any atom is -0.324 e. The molecule has 1 aliphatic heterocycles. The van der Waals surface area contributed by atoms with Crippen LogP contribution in [0.1, 0.15) is 18.5 Å². The molecular formula is C14H14N2OS2. The van der Waals surface area contributed by atoms with Crippen molar-refractivity contribution in [3.63, 3.8) is 0 Å². The number of nitrogens with one attached hydrogen (secondary N) is 2. The van der Waals surface area contributed by atoms with E-state index in [9.17, 15) is 4.79 Å². The zero-order valence-electron chi connectivity index (χ0n) is 10.5. The van der Waals surface area contributed by atoms with Crippen molar-refractivity contribution in [1.29, 1.82) is 0 Å². The molecule has 3 nitrogen and oxygen atoms in total. The monoisotopic (exact) mass is 290 g/mol. The van der Waals surface area contributed by atoms with E-state index in [1.54, 1.807) is 23.1 Å². The van der Waals surface area contributed by atoms with Crippen molar-refractivity contribution in [2.24, 2.45) is 0 Å². The largest absolute Gasteiger partial charge is 0.324 e. The molecule has 98 valence electrons. The van der Waals surface area contributed by atoms with Gasteiger partial charge in [0.05, 0.1) is 4.21 Å². The van der Waals surface area contributed by atoms with E-state index in [2.05, 4.69) is 34.2 Å². The van der Waals surface area contributed by atoms with Crippen LogP contribution in [0.25, 0.3) is 0 Å². The normalized spacial score (nSPS) is 17.3. The summed E-state index contributed by atoms with van der Waals surface area (Å²) >= 11 is 3.45. The van der Waals surface area contributed by atoms with E-state index in [-0.39, 0.29) is 11.9 Å². The third-order valence-electron chi connectivity index (χ3n) is 2.98. The molecular weight excluding hydrogens is 276 g/mol. The average molecular weight is 290 g/mol. The van der Waals surface area contributed by atoms with Gasteiger partial charge in [-0.25, -0.2) is 0 Å². The summed E-state index contributed by atoms with van der Waals surface area (Å²) in [4.78, 5) is 13.0. The van der Waals surface area contributed by atoms with Gasteiger partial charge >= 0.3 is 0 Å². The van der Waals surface area contributed by atoms with Crippen LogP contribution < -0.4 is 10.6 Å². The van der Waals surface area contributed by atoms with Gasteiger partial charge in [0, 0.05) is 16.1 Å². The van der Waals surface area contributed by atoms with E-state index < -0.39 is 0 Å². The van der Waals surface area contributed by atoms with Crippen molar-refractivity contribution in [3.05, 3.63) is 41.3 Å². The Morgan fingerprint density at radius 1 is 1.42 bits per heavy atom. The topological polar surface area (TPSA) is 41.1 Å². The molecule has 1 aromatic carbocycles. The van der Waals surface area contributed by atoms with E-state index in [0.29, 0.717) is 0 Å². The lowest BCUT2D eigenvalue weighted by Crippen LogP contribution is -2.27. The fraction of sp³-hybridized carbons (Fsp3) is 0.214. The highest BCUT2D eigenvalue weighted by Gasteiger charge is 2.29. The van der Waals surface area contributed by atoms with Crippen molar-refractivity contribution in [1.82, 2.24) is 5.32 Å². The van der Waals surface area contributed by atoms with Gasteiger partial charge < -0.3 is 10.6 Å². The average Bonchev–Trinajstić information content (AvgIpc) is 2.99. The summed E-state index contributed by atoms with van der Waals surface area (Å²) in [5, 5.41) is 8.21. The summed E-state index contributed by atoms with van der Waals surface area (Å²) in [5.74, 6) is 0.0372. The second-order valence-corrected chi connectivity index (χ2v) is 6.58. The van der Waals surface area contributed by atoms with Gasteiger partial charge in [-0.3, -0.25) is 4.79 Å². The first kappa shape index (κ1) is 12.7. The van der Waals surface area contributed by atoms with Gasteiger partial charge in [-0.05, 0) is 30.1 Å². The lowest BCUT2D eigenvalue weighted by molar-refractivity contribution is -0.117. The van der Waals surface area contributed by atoms with Crippen LogP contribution in [0, 0.1) is 0 Å². The first-order valence-electron chi connectivity index (χ1n) is 6.17. The quantitative estimate of drug-likeness (QED) is 0.905. The predicted octanol–water partition coefficient (Wildman–Crippen LogP) is 3.50. The van der Waals surface area contributed by atoms with Crippen LogP contribution in [0.3, 0.4) is 0 Å². The lowest BCUT2D eigenvalue weighted by Gasteiger charge is -2.09. The Labute approximate surface area is 120 Å². The number of hydrogen-bond acceptors (Lipinski definition) is 4. The molecule has 2 aromatic rings. The predicted molar refractivity (Wildman–Crippen MR) is 79.9 cm³/mol. The number of fused-ring (bicyclic) bond motifs is 1. The van der Waals surface area contributed by atoms with Gasteiger partial charge in [0.2, 0.25) is 5.91 Å². The minimum atomic E-state index is -0.208. The van der Waals surface area contributed by atoms with Gasteiger partial charge in [-0.2, -0.15) is 0 Å². The van der Waals surface area contributed by atoms with Gasteiger partial charge in [0.15, 0.2) is 0 Å². The van der Waals surface area contributed by atoms with Crippen LogP contribution in [-0.2, 0) is 4.79 Å². The van der Waals surface area contributed by atoms with Gasteiger partial charge in [-0.15, -0.1) is 11.3 Å². The van der Waals surface area contributed by atoms with Crippen LogP contribution >= 0.6 is 23.1 Å². The summed E-state index contributed by atoms with van der Waals surface area (Å²) in [6.45, 7) is 2.79. The number of thiophene rings is 1. The standard InChI is InChI=1S/C14H14N2OS2/c1-2-15-13-10-6-5-9(8-11(10)16-14(13)17)19-12-4-3-7-18-12/h3-8,13,15H,2H2,1H3,(H,16,17). The molecule has 0 saturated heterocycles. The van der Waals surface area contributed by atoms with Crippen LogP contribution in [0.4, 0.5) is 5.69 Å². The number of rotatable bonds is 4. The number of carbonyl (C=O) groups excluding carboxylic acids is 1. The summed E-state index contributed by atoms with van der Waals surface area (Å²) < 4.78 is 1.26. The third-order valence-corrected chi connectivity index (χ3v) is 5.00. The van der Waals surface area contributed by atoms with Crippen molar-refractivity contribution >= 4 is 34.7 Å². The molecule has 0 aliphatic carbocycles. The highest BCUT2D eigenvalue weighted by Crippen LogP contribution is 2.37. The molecule has 2 N–H and O–H groups in total. The number of likely N-dealkylation sites (N-methyl/N-ethyl adjacent to an activating group) is 1. The van der Waals surface area contributed by atoms with Crippen molar-refractivity contribution in [3.8, 4) is 0 Å². The molecule has 0 radical (unpaired) electrons. The molecule has 0 fully saturated rings. The zero-order valence-corrected chi connectivity index (χ0v) is 12.1. The Morgan fingerprint density at radius 3 is 3.05 bits per heavy atom. The Morgan fingerprint density at radius 2 is 2.32 bits per heavy atom. The maximum Gasteiger partial charge on any atom is 0.246 e. The molecule has 1 aliphatic rings. The number of hydrogen-bond donors (Lipinski definition) is 2. The SMILES string of the molecule is CCNC1C(=O)Nc2cc(Sc3cccs3)ccc21. The Kier molecular flexibility index (Phi) is 3.59. The zero-order chi connectivity index (χ0) is 13.2. The molecule has 0 spiro atoms. The number of carbonyl (C=O) groups is 1. The van der Waals surface area contributed by atoms with Crippen molar-refractivity contribution in [2.45, 2.75) is 22.1 Å². The fourth-order valence-electron chi connectivity index (χ4n) is 2.15. The number of benzene rings is 1. The molecule has 19 heavy (non-hydrogen) atoms. The Hall–Kier alpha value is -1.30. The fourth-order valence-corrected chi connectivity index (χ4v) is 3.94. The Bertz CT molecular complexity index is 595. The summed E-state index contributed by atoms with van der Waals surface area (Å²) in [6.07, 6.45) is 0. The van der Waals surface area contributed by atoms with E-state index in [0.717, 1.165) is 22.7 Å². The molecule has 0 bridgehead atoms. The molecule has 0 saturated carbocycles. The van der Waals surface area contributed by atoms with E-state index in [1.165, 1.54) is 4.21 Å². The summed E-state index contributed by atoms with van der Waals surface area (Å²) in [5.41, 5.74) is 1.97. The van der Waals surface area contributed by atoms with Crippen LogP contribution in [0.5, 0.6) is 0 Å². The van der Waals surface area contributed by atoms with Gasteiger partial charge in [0.25, 0.3) is 0 Å². The first-order valence-corrected chi connectivity index (χ1v) is 7.87. The van der Waals surface area contributed by atoms with E-state index in [4.69, 9.17) is 0 Å². The third kappa shape index (κ3) is 2.54. The number of anilines is 1. The maximum absolute atomic E-state index is 11.9. The van der Waals surface area contributed by atoms with Crippen molar-refractivity contribution in [2.75, 3.05) is 11.9 Å². The van der Waals surface area contributed by atoms with Crippen molar-refractivity contribution < 1.29 is 4.79 Å². The Balaban J connectivity index is 1.85. The second-order valence-electron chi connectivity index (χ2n) is 4.26. The smallest absolute Gasteiger partial charge is 0.246 e. The van der Waals surface area contributed by atoms with Crippen LogP contribution in [0.2, 0.25) is 0 Å². The molecule has 1 atom stereocenters. The second kappa shape index (κ2) is 5.36. The van der Waals surface area contributed by atoms with E-state index in [1.807, 2.05) is 19.1 Å². The highest BCUT2D eigenvalue weighted by atomic mass is 32.2. The lowest BCUT2D eigenvalue weighted by atomic mass is 10.1. The molecule has 1 aromatic heterocycles. The maximum atomic E-state index is 11.9. The van der Waals surface area contributed by atoms with Crippen LogP contribution in [0.15, 0.2) is 44.8 Å². The summed E-state index contributed by atoms with van der Waals surface area (Å²) in [7, 11) is 0. The van der Waals surface area contributed by atoms with Gasteiger partial charge in [-0.1, -0.05) is 30.8 Å². The highest BCUT2D eigenvalue weighted by molar-refractivity contribution is 8.01. The molecule has 2 heterocycles. The molecule has 1 unspecified atom stereocenters. The molecule has 3 rings (SSSR count). The molecule has 5 heteroatoms. The minimum absolute atomic E-state index is 0.0372. The number of amides is 1.